The van der Waals surface area contributed by atoms with Gasteiger partial charge in [-0.2, -0.15) is 0 Å². The smallest absolute Gasteiger partial charge is 0.284 e. The summed E-state index contributed by atoms with van der Waals surface area (Å²) < 4.78 is 5.24. The van der Waals surface area contributed by atoms with E-state index < -0.39 is 4.92 Å². The molecule has 0 aliphatic rings. The molecule has 7 nitrogen and oxygen atoms in total. The molecule has 0 fully saturated rings. The molecule has 0 radical (unpaired) electrons. The lowest BCUT2D eigenvalue weighted by atomic mass is 10.1. The number of aryl methyl sites for hydroxylation is 1. The largest absolute Gasteiger partial charge is 0.408 e. The van der Waals surface area contributed by atoms with E-state index in [0.29, 0.717) is 11.6 Å². The predicted molar refractivity (Wildman–Crippen MR) is 70.4 cm³/mol. The summed E-state index contributed by atoms with van der Waals surface area (Å²) in [6.07, 6.45) is 0. The highest BCUT2D eigenvalue weighted by molar-refractivity contribution is 7.71. The van der Waals surface area contributed by atoms with E-state index >= 15 is 0 Å². The Labute approximate surface area is 111 Å². The van der Waals surface area contributed by atoms with E-state index in [1.54, 1.807) is 6.07 Å². The Morgan fingerprint density at radius 3 is 2.89 bits per heavy atom. The first-order chi connectivity index (χ1) is 9.06. The van der Waals surface area contributed by atoms with Crippen LogP contribution >= 0.6 is 12.2 Å². The van der Waals surface area contributed by atoms with Crippen molar-refractivity contribution in [3.63, 3.8) is 0 Å². The van der Waals surface area contributed by atoms with Crippen LogP contribution in [0.4, 0.5) is 5.69 Å². The number of rotatable bonds is 2. The monoisotopic (exact) mass is 276 g/mol. The minimum atomic E-state index is -0.425. The molecule has 2 heterocycles. The van der Waals surface area contributed by atoms with E-state index in [4.69, 9.17) is 16.6 Å². The van der Waals surface area contributed by atoms with Crippen molar-refractivity contribution < 1.29 is 9.34 Å². The normalized spacial score (nSPS) is 11.0. The summed E-state index contributed by atoms with van der Waals surface area (Å²) in [5.41, 5.74) is 2.30. The Hall–Kier alpha value is -2.48. The van der Waals surface area contributed by atoms with Crippen LogP contribution in [-0.4, -0.2) is 20.1 Å². The molecule has 1 aromatic carbocycles. The second kappa shape index (κ2) is 4.02. The molecule has 2 aromatic heterocycles. The highest BCUT2D eigenvalue weighted by atomic mass is 32.1. The van der Waals surface area contributed by atoms with Crippen LogP contribution in [0.5, 0.6) is 0 Å². The molecular weight excluding hydrogens is 268 g/mol. The fourth-order valence-electron chi connectivity index (χ4n) is 1.98. The van der Waals surface area contributed by atoms with Gasteiger partial charge in [0.15, 0.2) is 0 Å². The molecule has 0 amide bonds. The van der Waals surface area contributed by atoms with Crippen molar-refractivity contribution in [3.8, 4) is 11.6 Å². The van der Waals surface area contributed by atoms with Gasteiger partial charge in [-0.05, 0) is 30.8 Å². The number of fused-ring (bicyclic) bond motifs is 1. The van der Waals surface area contributed by atoms with Gasteiger partial charge in [-0.15, -0.1) is 5.10 Å². The first kappa shape index (κ1) is 11.6. The number of hydrogen-bond acceptors (Lipinski definition) is 5. The predicted octanol–water partition coefficient (Wildman–Crippen LogP) is 3.10. The van der Waals surface area contributed by atoms with Crippen molar-refractivity contribution in [2.45, 2.75) is 6.92 Å². The van der Waals surface area contributed by atoms with E-state index in [-0.39, 0.29) is 10.5 Å². The Morgan fingerprint density at radius 1 is 1.47 bits per heavy atom. The van der Waals surface area contributed by atoms with Crippen LogP contribution < -0.4 is 0 Å². The first-order valence-corrected chi connectivity index (χ1v) is 5.79. The van der Waals surface area contributed by atoms with Crippen molar-refractivity contribution in [2.75, 3.05) is 0 Å². The summed E-state index contributed by atoms with van der Waals surface area (Å²) in [5.74, 6) is 0.335. The number of non-ortho nitro benzene ring substituents is 1. The number of aromatic nitrogens is 3. The van der Waals surface area contributed by atoms with Crippen molar-refractivity contribution >= 4 is 28.8 Å². The number of hydrogen-bond donors (Lipinski definition) is 2. The summed E-state index contributed by atoms with van der Waals surface area (Å²) in [5, 5.41) is 18.0. The molecule has 3 aromatic rings. The third kappa shape index (κ3) is 1.82. The summed E-state index contributed by atoms with van der Waals surface area (Å²) in [7, 11) is 0. The maximum absolute atomic E-state index is 10.8. The highest BCUT2D eigenvalue weighted by Crippen LogP contribution is 2.30. The molecule has 0 unspecified atom stereocenters. The van der Waals surface area contributed by atoms with Gasteiger partial charge in [0.1, 0.15) is 5.69 Å². The zero-order valence-electron chi connectivity index (χ0n) is 9.76. The average molecular weight is 276 g/mol. The van der Waals surface area contributed by atoms with Crippen LogP contribution in [0.2, 0.25) is 0 Å². The summed E-state index contributed by atoms with van der Waals surface area (Å²) in [6, 6.07) is 4.62. The van der Waals surface area contributed by atoms with Crippen LogP contribution in [0.15, 0.2) is 22.6 Å². The topological polar surface area (TPSA) is 101 Å². The fourth-order valence-corrected chi connectivity index (χ4v) is 2.10. The molecule has 0 atom stereocenters. The van der Waals surface area contributed by atoms with Gasteiger partial charge in [-0.1, -0.05) is 0 Å². The van der Waals surface area contributed by atoms with Gasteiger partial charge in [0.05, 0.1) is 4.92 Å². The standard InChI is InChI=1S/C11H8N4O3S/c1-5-7-4-6(15(16)17)2-3-8(7)12-9(5)10-13-14-11(19)18-10/h2-4,12H,1H3,(H,14,19). The van der Waals surface area contributed by atoms with Gasteiger partial charge in [0.2, 0.25) is 0 Å². The van der Waals surface area contributed by atoms with Gasteiger partial charge < -0.3 is 9.40 Å². The molecule has 96 valence electrons. The number of nitro benzene ring substituents is 1. The quantitative estimate of drug-likeness (QED) is 0.425. The number of aromatic amines is 2. The Kier molecular flexibility index (Phi) is 2.46. The molecule has 19 heavy (non-hydrogen) atoms. The maximum atomic E-state index is 10.8. The Bertz CT molecular complexity index is 845. The van der Waals surface area contributed by atoms with Crippen LogP contribution in [0.25, 0.3) is 22.5 Å². The lowest BCUT2D eigenvalue weighted by molar-refractivity contribution is -0.384. The number of nitrogens with zero attached hydrogens (tertiary/aromatic N) is 2. The molecule has 0 aliphatic heterocycles. The van der Waals surface area contributed by atoms with Crippen LogP contribution in [0.1, 0.15) is 5.56 Å². The van der Waals surface area contributed by atoms with E-state index in [2.05, 4.69) is 15.2 Å². The van der Waals surface area contributed by atoms with Crippen molar-refractivity contribution in [1.29, 1.82) is 0 Å². The maximum Gasteiger partial charge on any atom is 0.284 e. The molecular formula is C11H8N4O3S. The number of benzene rings is 1. The van der Waals surface area contributed by atoms with E-state index in [9.17, 15) is 10.1 Å². The van der Waals surface area contributed by atoms with Crippen LogP contribution in [0, 0.1) is 21.9 Å². The minimum absolute atomic E-state index is 0.0454. The Morgan fingerprint density at radius 2 is 2.26 bits per heavy atom. The van der Waals surface area contributed by atoms with Crippen LogP contribution in [0.3, 0.4) is 0 Å². The zero-order chi connectivity index (χ0) is 13.6. The zero-order valence-corrected chi connectivity index (χ0v) is 10.6. The SMILES string of the molecule is Cc1c(-c2n[nH]c(=S)o2)[nH]c2ccc([N+](=O)[O-])cc12. The van der Waals surface area contributed by atoms with Gasteiger partial charge in [-0.25, -0.2) is 5.10 Å². The van der Waals surface area contributed by atoms with Crippen LogP contribution in [-0.2, 0) is 0 Å². The molecule has 0 saturated carbocycles. The third-order valence-corrected chi connectivity index (χ3v) is 3.08. The fraction of sp³-hybridized carbons (Fsp3) is 0.0909. The van der Waals surface area contributed by atoms with E-state index in [1.807, 2.05) is 6.92 Å². The molecule has 3 rings (SSSR count). The lowest BCUT2D eigenvalue weighted by Crippen LogP contribution is -1.86. The van der Waals surface area contributed by atoms with E-state index in [1.165, 1.54) is 12.1 Å². The number of H-pyrrole nitrogens is 2. The van der Waals surface area contributed by atoms with Crippen molar-refractivity contribution in [2.24, 2.45) is 0 Å². The molecule has 0 bridgehead atoms. The molecule has 8 heteroatoms. The second-order valence-corrected chi connectivity index (χ2v) is 4.40. The number of nitrogens with one attached hydrogen (secondary N) is 2. The van der Waals surface area contributed by atoms with E-state index in [0.717, 1.165) is 16.5 Å². The van der Waals surface area contributed by atoms with Crippen molar-refractivity contribution in [3.05, 3.63) is 38.7 Å². The molecule has 0 aliphatic carbocycles. The second-order valence-electron chi connectivity index (χ2n) is 4.03. The molecule has 2 N–H and O–H groups in total. The van der Waals surface area contributed by atoms with Crippen molar-refractivity contribution in [1.82, 2.24) is 15.2 Å². The number of nitro groups is 1. The Balaban J connectivity index is 2.26. The summed E-state index contributed by atoms with van der Waals surface area (Å²) >= 11 is 4.82. The van der Waals surface area contributed by atoms with Gasteiger partial charge in [0, 0.05) is 23.0 Å². The summed E-state index contributed by atoms with van der Waals surface area (Å²) in [4.78, 5) is 13.7. The van der Waals surface area contributed by atoms with Gasteiger partial charge >= 0.3 is 0 Å². The average Bonchev–Trinajstić information content (AvgIpc) is 2.93. The summed E-state index contributed by atoms with van der Waals surface area (Å²) in [6.45, 7) is 1.84. The molecule has 0 saturated heterocycles. The first-order valence-electron chi connectivity index (χ1n) is 5.39. The molecule has 0 spiro atoms. The highest BCUT2D eigenvalue weighted by Gasteiger charge is 2.16. The minimum Gasteiger partial charge on any atom is -0.408 e. The third-order valence-electron chi connectivity index (χ3n) is 2.90. The lowest BCUT2D eigenvalue weighted by Gasteiger charge is -1.93. The van der Waals surface area contributed by atoms with Gasteiger partial charge in [-0.3, -0.25) is 10.1 Å². The van der Waals surface area contributed by atoms with Gasteiger partial charge in [0.25, 0.3) is 16.4 Å².